The molecular weight excluding hydrogens is 416 g/mol. The van der Waals surface area contributed by atoms with Crippen molar-refractivity contribution < 1.29 is 28.7 Å². The summed E-state index contributed by atoms with van der Waals surface area (Å²) in [5.41, 5.74) is 0.788. The smallest absolute Gasteiger partial charge is 0.417 e. The van der Waals surface area contributed by atoms with E-state index in [0.717, 1.165) is 0 Å². The number of nitrogens with one attached hydrogen (secondary N) is 1. The second-order valence-electron chi connectivity index (χ2n) is 6.94. The van der Waals surface area contributed by atoms with Crippen LogP contribution in [-0.4, -0.2) is 23.9 Å². The number of hydrogen-bond donors (Lipinski definition) is 1. The van der Waals surface area contributed by atoms with Crippen molar-refractivity contribution in [2.24, 2.45) is 0 Å². The summed E-state index contributed by atoms with van der Waals surface area (Å²) in [6, 6.07) is 18.0. The fourth-order valence-electron chi connectivity index (χ4n) is 3.40. The summed E-state index contributed by atoms with van der Waals surface area (Å²) in [4.78, 5) is 35.9. The molecule has 0 saturated carbocycles. The number of ketones is 1. The Balaban J connectivity index is 1.65. The molecule has 1 amide bonds. The molecule has 1 aliphatic rings. The number of methoxy groups -OCH3 is 1. The van der Waals surface area contributed by atoms with Crippen molar-refractivity contribution in [1.29, 1.82) is 0 Å². The Kier molecular flexibility index (Phi) is 5.71. The molecule has 1 N–H and O–H groups in total. The highest BCUT2D eigenvalue weighted by molar-refractivity contribution is 6.00. The number of Topliss-reactive ketones (excluding diaryl/α,β-unsaturated/α-hetero) is 1. The molecular formula is C23H18N2O7. The van der Waals surface area contributed by atoms with Crippen LogP contribution < -0.4 is 19.5 Å². The minimum Gasteiger partial charge on any atom is -0.493 e. The SMILES string of the molecule is COc1cc(C2CC(=O)c3ccccc3O2)cc([N+](=O)[O-])c1OC(=O)Nc1ccccc1. The van der Waals surface area contributed by atoms with Crippen molar-refractivity contribution in [3.05, 3.63) is 88.0 Å². The van der Waals surface area contributed by atoms with Gasteiger partial charge < -0.3 is 14.2 Å². The fraction of sp³-hybridized carbons (Fsp3) is 0.130. The standard InChI is InChI=1S/C23H18N2O7/c1-30-21-12-14(20-13-18(26)16-9-5-6-10-19(16)31-20)11-17(25(28)29)22(21)32-23(27)24-15-7-3-2-4-8-15/h2-12,20H,13H2,1H3,(H,24,27). The van der Waals surface area contributed by atoms with E-state index < -0.39 is 22.8 Å². The van der Waals surface area contributed by atoms with Gasteiger partial charge in [-0.1, -0.05) is 30.3 Å². The van der Waals surface area contributed by atoms with Crippen molar-refractivity contribution in [1.82, 2.24) is 0 Å². The lowest BCUT2D eigenvalue weighted by molar-refractivity contribution is -0.385. The van der Waals surface area contributed by atoms with Crippen molar-refractivity contribution in [2.45, 2.75) is 12.5 Å². The van der Waals surface area contributed by atoms with Crippen LogP contribution in [0.1, 0.15) is 28.4 Å². The molecule has 1 heterocycles. The Morgan fingerprint density at radius 3 is 2.56 bits per heavy atom. The summed E-state index contributed by atoms with van der Waals surface area (Å²) in [6.45, 7) is 0. The van der Waals surface area contributed by atoms with Crippen LogP contribution in [-0.2, 0) is 0 Å². The van der Waals surface area contributed by atoms with Crippen LogP contribution >= 0.6 is 0 Å². The maximum absolute atomic E-state index is 12.5. The van der Waals surface area contributed by atoms with Crippen molar-refractivity contribution in [2.75, 3.05) is 12.4 Å². The number of rotatable bonds is 5. The molecule has 1 unspecified atom stereocenters. The number of ether oxygens (including phenoxy) is 3. The van der Waals surface area contributed by atoms with Gasteiger partial charge in [0.1, 0.15) is 11.9 Å². The first-order valence-electron chi connectivity index (χ1n) is 9.65. The van der Waals surface area contributed by atoms with E-state index in [0.29, 0.717) is 22.6 Å². The van der Waals surface area contributed by atoms with Crippen molar-refractivity contribution >= 4 is 23.3 Å². The third-order valence-corrected chi connectivity index (χ3v) is 4.89. The van der Waals surface area contributed by atoms with Gasteiger partial charge in [-0.05, 0) is 30.3 Å². The van der Waals surface area contributed by atoms with Gasteiger partial charge in [0, 0.05) is 17.3 Å². The molecule has 162 valence electrons. The number of carbonyl (C=O) groups excluding carboxylic acids is 2. The molecule has 4 rings (SSSR count). The van der Waals surface area contributed by atoms with E-state index in [1.807, 2.05) is 0 Å². The van der Waals surface area contributed by atoms with Crippen LogP contribution in [0.25, 0.3) is 0 Å². The summed E-state index contributed by atoms with van der Waals surface area (Å²) in [6.07, 6.45) is -1.66. The van der Waals surface area contributed by atoms with Gasteiger partial charge >= 0.3 is 11.8 Å². The number of benzene rings is 3. The number of fused-ring (bicyclic) bond motifs is 1. The lowest BCUT2D eigenvalue weighted by Crippen LogP contribution is -2.21. The van der Waals surface area contributed by atoms with Gasteiger partial charge in [0.05, 0.1) is 24.0 Å². The Labute approximate surface area is 182 Å². The number of amides is 1. The van der Waals surface area contributed by atoms with Crippen LogP contribution in [0.5, 0.6) is 17.2 Å². The van der Waals surface area contributed by atoms with Gasteiger partial charge in [0.15, 0.2) is 11.5 Å². The predicted molar refractivity (Wildman–Crippen MR) is 114 cm³/mol. The van der Waals surface area contributed by atoms with Crippen LogP contribution in [0, 0.1) is 10.1 Å². The second-order valence-corrected chi connectivity index (χ2v) is 6.94. The Bertz CT molecular complexity index is 1190. The summed E-state index contributed by atoms with van der Waals surface area (Å²) in [5.74, 6) is -0.122. The van der Waals surface area contributed by atoms with Crippen LogP contribution in [0.3, 0.4) is 0 Å². The lowest BCUT2D eigenvalue weighted by atomic mass is 9.95. The van der Waals surface area contributed by atoms with Crippen molar-refractivity contribution in [3.8, 4) is 17.2 Å². The Hall–Kier alpha value is -4.40. The predicted octanol–water partition coefficient (Wildman–Crippen LogP) is 4.92. The van der Waals surface area contributed by atoms with Crippen LogP contribution in [0.2, 0.25) is 0 Å². The molecule has 0 radical (unpaired) electrons. The van der Waals surface area contributed by atoms with E-state index in [4.69, 9.17) is 14.2 Å². The molecule has 0 bridgehead atoms. The van der Waals surface area contributed by atoms with E-state index in [2.05, 4.69) is 5.32 Å². The van der Waals surface area contributed by atoms with E-state index >= 15 is 0 Å². The van der Waals surface area contributed by atoms with E-state index in [1.54, 1.807) is 54.6 Å². The second kappa shape index (κ2) is 8.76. The first-order valence-corrected chi connectivity index (χ1v) is 9.65. The van der Waals surface area contributed by atoms with Gasteiger partial charge in [-0.25, -0.2) is 4.79 Å². The minimum atomic E-state index is -0.914. The molecule has 1 aliphatic heterocycles. The molecule has 0 spiro atoms. The Morgan fingerprint density at radius 1 is 1.12 bits per heavy atom. The molecule has 32 heavy (non-hydrogen) atoms. The lowest BCUT2D eigenvalue weighted by Gasteiger charge is -2.25. The van der Waals surface area contributed by atoms with E-state index in [9.17, 15) is 19.7 Å². The third kappa shape index (κ3) is 4.22. The molecule has 0 aliphatic carbocycles. The van der Waals surface area contributed by atoms with Gasteiger partial charge in [0.2, 0.25) is 0 Å². The topological polar surface area (TPSA) is 117 Å². The maximum Gasteiger partial charge on any atom is 0.417 e. The fourth-order valence-corrected chi connectivity index (χ4v) is 3.40. The minimum absolute atomic E-state index is 0.00597. The zero-order valence-corrected chi connectivity index (χ0v) is 16.9. The highest BCUT2D eigenvalue weighted by Gasteiger charge is 2.32. The molecule has 0 fully saturated rings. The maximum atomic E-state index is 12.5. The molecule has 9 heteroatoms. The highest BCUT2D eigenvalue weighted by Crippen LogP contribution is 2.43. The molecule has 3 aromatic rings. The zero-order valence-electron chi connectivity index (χ0n) is 16.9. The largest absolute Gasteiger partial charge is 0.493 e. The van der Waals surface area contributed by atoms with Crippen LogP contribution in [0.15, 0.2) is 66.7 Å². The van der Waals surface area contributed by atoms with Crippen molar-refractivity contribution in [3.63, 3.8) is 0 Å². The average Bonchev–Trinajstić information content (AvgIpc) is 2.79. The number of hydrogen-bond acceptors (Lipinski definition) is 7. The van der Waals surface area contributed by atoms with Gasteiger partial charge in [0.25, 0.3) is 5.75 Å². The number of nitro benzene ring substituents is 1. The summed E-state index contributed by atoms with van der Waals surface area (Å²) in [5, 5.41) is 14.3. The molecule has 9 nitrogen and oxygen atoms in total. The Morgan fingerprint density at radius 2 is 1.84 bits per heavy atom. The molecule has 3 aromatic carbocycles. The number of carbonyl (C=O) groups is 2. The first-order chi connectivity index (χ1) is 15.5. The number of nitro groups is 1. The summed E-state index contributed by atoms with van der Waals surface area (Å²) < 4.78 is 16.4. The zero-order chi connectivity index (χ0) is 22.7. The quantitative estimate of drug-likeness (QED) is 0.447. The third-order valence-electron chi connectivity index (χ3n) is 4.89. The number of anilines is 1. The average molecular weight is 434 g/mol. The van der Waals surface area contributed by atoms with E-state index in [-0.39, 0.29) is 23.7 Å². The summed E-state index contributed by atoms with van der Waals surface area (Å²) in [7, 11) is 1.30. The van der Waals surface area contributed by atoms with Crippen LogP contribution in [0.4, 0.5) is 16.2 Å². The first kappa shape index (κ1) is 20.9. The number of nitrogens with zero attached hydrogens (tertiary/aromatic N) is 1. The summed E-state index contributed by atoms with van der Waals surface area (Å²) >= 11 is 0. The van der Waals surface area contributed by atoms with Gasteiger partial charge in [-0.3, -0.25) is 20.2 Å². The normalized spacial score (nSPS) is 14.7. The van der Waals surface area contributed by atoms with E-state index in [1.165, 1.54) is 19.2 Å². The molecule has 0 saturated heterocycles. The number of para-hydroxylation sites is 2. The molecule has 1 atom stereocenters. The highest BCUT2D eigenvalue weighted by atomic mass is 16.6. The molecule has 0 aromatic heterocycles. The van der Waals surface area contributed by atoms with Gasteiger partial charge in [-0.15, -0.1) is 0 Å². The monoisotopic (exact) mass is 434 g/mol. The van der Waals surface area contributed by atoms with Gasteiger partial charge in [-0.2, -0.15) is 0 Å².